The van der Waals surface area contributed by atoms with Crippen molar-refractivity contribution >= 4 is 32.6 Å². The molecule has 0 saturated heterocycles. The van der Waals surface area contributed by atoms with E-state index in [-0.39, 0.29) is 0 Å². The lowest BCUT2D eigenvalue weighted by molar-refractivity contribution is 1.05. The second-order valence-electron chi connectivity index (χ2n) is 13.1. The van der Waals surface area contributed by atoms with Crippen molar-refractivity contribution in [3.05, 3.63) is 188 Å². The smallest absolute Gasteiger partial charge is 0.165 e. The minimum Gasteiger partial charge on any atom is -0.294 e. The lowest BCUT2D eigenvalue weighted by Crippen LogP contribution is -2.02. The van der Waals surface area contributed by atoms with Crippen molar-refractivity contribution in [2.75, 3.05) is 0 Å². The molecule has 0 atom stereocenters. The molecule has 0 aliphatic carbocycles. The van der Waals surface area contributed by atoms with Gasteiger partial charge < -0.3 is 0 Å². The first-order valence-corrected chi connectivity index (χ1v) is 17.7. The average Bonchev–Trinajstić information content (AvgIpc) is 3.59. The van der Waals surface area contributed by atoms with Gasteiger partial charge in [0.05, 0.1) is 11.0 Å². The molecule has 0 bridgehead atoms. The van der Waals surface area contributed by atoms with Crippen LogP contribution in [0.4, 0.5) is 0 Å². The normalized spacial score (nSPS) is 11.4. The summed E-state index contributed by atoms with van der Waals surface area (Å²) in [6, 6.07) is 63.2. The lowest BCUT2D eigenvalue weighted by Gasteiger charge is -2.11. The molecule has 0 aliphatic heterocycles. The first kappa shape index (κ1) is 30.6. The Hall–Kier alpha value is -7.24. The Balaban J connectivity index is 1.08. The van der Waals surface area contributed by atoms with E-state index in [9.17, 15) is 0 Å². The van der Waals surface area contributed by atoms with Gasteiger partial charge in [-0.1, -0.05) is 158 Å². The lowest BCUT2D eigenvalue weighted by atomic mass is 10.0. The molecule has 10 aromatic rings. The molecule has 0 unspecified atom stereocenters. The van der Waals surface area contributed by atoms with E-state index in [1.54, 1.807) is 0 Å². The van der Waals surface area contributed by atoms with Gasteiger partial charge in [0.1, 0.15) is 5.82 Å². The molecule has 0 aliphatic rings. The quantitative estimate of drug-likeness (QED) is 0.176. The minimum atomic E-state index is 0.566. The molecule has 7 aromatic carbocycles. The summed E-state index contributed by atoms with van der Waals surface area (Å²) < 4.78 is 2.24. The van der Waals surface area contributed by atoms with Gasteiger partial charge in [-0.2, -0.15) is 0 Å². The number of para-hydroxylation sites is 1. The summed E-state index contributed by atoms with van der Waals surface area (Å²) in [5.74, 6) is 2.61. The standard InChI is InChI=1S/C48H31N5/c1-3-11-32(12-4-1)34-19-23-37(24-20-34)46-50-47(38-25-21-35(22-26-38)33-13-5-2-6-14-33)52-48(51-46)39-28-30-44(49-31-39)53-42-18-10-9-17-41(42)45-40-16-8-7-15-36(40)27-29-43(45)53/h1-31H. The molecule has 5 heteroatoms. The fraction of sp³-hybridized carbons (Fsp3) is 0. The fourth-order valence-electron chi connectivity index (χ4n) is 7.28. The highest BCUT2D eigenvalue weighted by Crippen LogP contribution is 2.37. The fourth-order valence-corrected chi connectivity index (χ4v) is 7.28. The highest BCUT2D eigenvalue weighted by Gasteiger charge is 2.17. The Kier molecular flexibility index (Phi) is 7.40. The Bertz CT molecular complexity index is 2800. The number of aromatic nitrogens is 5. The third-order valence-electron chi connectivity index (χ3n) is 9.93. The monoisotopic (exact) mass is 677 g/mol. The largest absolute Gasteiger partial charge is 0.294 e. The van der Waals surface area contributed by atoms with Crippen LogP contribution in [0.1, 0.15) is 0 Å². The van der Waals surface area contributed by atoms with Crippen molar-refractivity contribution in [3.8, 4) is 62.2 Å². The van der Waals surface area contributed by atoms with Crippen LogP contribution in [0.5, 0.6) is 0 Å². The van der Waals surface area contributed by atoms with Gasteiger partial charge >= 0.3 is 0 Å². The Morgan fingerprint density at radius 3 is 1.38 bits per heavy atom. The van der Waals surface area contributed by atoms with Crippen LogP contribution in [-0.4, -0.2) is 24.5 Å². The molecule has 10 rings (SSSR count). The molecule has 3 aromatic heterocycles. The van der Waals surface area contributed by atoms with Crippen LogP contribution in [0.2, 0.25) is 0 Å². The van der Waals surface area contributed by atoms with Crippen molar-refractivity contribution in [3.63, 3.8) is 0 Å². The van der Waals surface area contributed by atoms with Crippen LogP contribution in [-0.2, 0) is 0 Å². The van der Waals surface area contributed by atoms with Crippen molar-refractivity contribution in [1.82, 2.24) is 24.5 Å². The van der Waals surface area contributed by atoms with Gasteiger partial charge in [0.25, 0.3) is 0 Å². The molecular formula is C48H31N5. The summed E-state index contributed by atoms with van der Waals surface area (Å²) in [6.45, 7) is 0. The molecule has 0 amide bonds. The van der Waals surface area contributed by atoms with Crippen LogP contribution >= 0.6 is 0 Å². The summed E-state index contributed by atoms with van der Waals surface area (Å²) in [5, 5.41) is 4.88. The van der Waals surface area contributed by atoms with E-state index in [0.29, 0.717) is 17.5 Å². The number of rotatable bonds is 6. The van der Waals surface area contributed by atoms with Gasteiger partial charge in [-0.3, -0.25) is 4.57 Å². The number of hydrogen-bond donors (Lipinski definition) is 0. The van der Waals surface area contributed by atoms with E-state index in [0.717, 1.165) is 55.8 Å². The van der Waals surface area contributed by atoms with E-state index in [1.165, 1.54) is 21.5 Å². The average molecular weight is 678 g/mol. The van der Waals surface area contributed by atoms with E-state index >= 15 is 0 Å². The Morgan fingerprint density at radius 1 is 0.321 bits per heavy atom. The zero-order valence-corrected chi connectivity index (χ0v) is 28.6. The minimum absolute atomic E-state index is 0.566. The number of pyridine rings is 1. The van der Waals surface area contributed by atoms with Crippen molar-refractivity contribution < 1.29 is 0 Å². The van der Waals surface area contributed by atoms with Gasteiger partial charge in [0.2, 0.25) is 0 Å². The molecule has 0 fully saturated rings. The molecule has 0 saturated carbocycles. The topological polar surface area (TPSA) is 56.5 Å². The third kappa shape index (κ3) is 5.52. The van der Waals surface area contributed by atoms with E-state index in [2.05, 4.69) is 174 Å². The summed E-state index contributed by atoms with van der Waals surface area (Å²) >= 11 is 0. The highest BCUT2D eigenvalue weighted by atomic mass is 15.1. The maximum absolute atomic E-state index is 5.04. The third-order valence-corrected chi connectivity index (χ3v) is 9.93. The van der Waals surface area contributed by atoms with E-state index in [4.69, 9.17) is 19.9 Å². The van der Waals surface area contributed by atoms with Crippen molar-refractivity contribution in [2.24, 2.45) is 0 Å². The zero-order valence-electron chi connectivity index (χ0n) is 28.6. The number of benzene rings is 7. The SMILES string of the molecule is c1ccc(-c2ccc(-c3nc(-c4ccc(-c5ccccc5)cc4)nc(-c4ccc(-n5c6ccccc6c6c7ccccc7ccc65)nc4)n3)cc2)cc1. The van der Waals surface area contributed by atoms with Crippen LogP contribution in [0.15, 0.2) is 188 Å². The first-order valence-electron chi connectivity index (χ1n) is 17.7. The molecule has 3 heterocycles. The first-order chi connectivity index (χ1) is 26.3. The second-order valence-corrected chi connectivity index (χ2v) is 13.1. The summed E-state index contributed by atoms with van der Waals surface area (Å²) in [6.07, 6.45) is 1.87. The molecule has 0 spiro atoms. The van der Waals surface area contributed by atoms with E-state index < -0.39 is 0 Å². The highest BCUT2D eigenvalue weighted by molar-refractivity contribution is 6.21. The summed E-state index contributed by atoms with van der Waals surface area (Å²) in [7, 11) is 0. The van der Waals surface area contributed by atoms with Crippen LogP contribution < -0.4 is 0 Å². The predicted octanol–water partition coefficient (Wildman–Crippen LogP) is 11.9. The van der Waals surface area contributed by atoms with Gasteiger partial charge in [-0.15, -0.1) is 0 Å². The van der Waals surface area contributed by atoms with Crippen LogP contribution in [0, 0.1) is 0 Å². The van der Waals surface area contributed by atoms with Crippen LogP contribution in [0.3, 0.4) is 0 Å². The molecular weight excluding hydrogens is 647 g/mol. The molecule has 0 N–H and O–H groups in total. The number of hydrogen-bond acceptors (Lipinski definition) is 4. The van der Waals surface area contributed by atoms with Crippen molar-refractivity contribution in [1.29, 1.82) is 0 Å². The van der Waals surface area contributed by atoms with Crippen LogP contribution in [0.25, 0.3) is 94.8 Å². The maximum atomic E-state index is 5.04. The number of fused-ring (bicyclic) bond motifs is 5. The zero-order chi connectivity index (χ0) is 35.1. The molecule has 248 valence electrons. The van der Waals surface area contributed by atoms with Gasteiger partial charge in [0.15, 0.2) is 17.5 Å². The molecule has 0 radical (unpaired) electrons. The van der Waals surface area contributed by atoms with Gasteiger partial charge in [0, 0.05) is 33.7 Å². The predicted molar refractivity (Wildman–Crippen MR) is 217 cm³/mol. The van der Waals surface area contributed by atoms with Gasteiger partial charge in [-0.25, -0.2) is 19.9 Å². The van der Waals surface area contributed by atoms with Crippen molar-refractivity contribution in [2.45, 2.75) is 0 Å². The summed E-state index contributed by atoms with van der Waals surface area (Å²) in [4.78, 5) is 20.1. The number of nitrogens with zero attached hydrogens (tertiary/aromatic N) is 5. The van der Waals surface area contributed by atoms with Gasteiger partial charge in [-0.05, 0) is 57.3 Å². The van der Waals surface area contributed by atoms with E-state index in [1.807, 2.05) is 18.3 Å². The Labute approximate surface area is 306 Å². The second kappa shape index (κ2) is 12.8. The maximum Gasteiger partial charge on any atom is 0.165 e. The molecule has 5 nitrogen and oxygen atoms in total. The molecule has 53 heavy (non-hydrogen) atoms. The summed E-state index contributed by atoms with van der Waals surface area (Å²) in [5.41, 5.74) is 9.47. The Morgan fingerprint density at radius 2 is 0.792 bits per heavy atom.